The zero-order valence-corrected chi connectivity index (χ0v) is 12.0. The number of unbranched alkanes of at least 4 members (excludes halogenated alkanes) is 1. The molecule has 0 aliphatic heterocycles. The van der Waals surface area contributed by atoms with Crippen molar-refractivity contribution in [2.45, 2.75) is 12.8 Å². The second kappa shape index (κ2) is 7.45. The van der Waals surface area contributed by atoms with Crippen LogP contribution >= 0.6 is 15.9 Å². The summed E-state index contributed by atoms with van der Waals surface area (Å²) >= 11 is 3.37. The molecular formula is C13H19BrN2O. The molecule has 0 aromatic heterocycles. The predicted octanol–water partition coefficient (Wildman–Crippen LogP) is 2.52. The van der Waals surface area contributed by atoms with Crippen LogP contribution in [0.15, 0.2) is 28.7 Å². The minimum atomic E-state index is -0.0117. The Labute approximate surface area is 111 Å². The highest BCUT2D eigenvalue weighted by atomic mass is 79.9. The van der Waals surface area contributed by atoms with Gasteiger partial charge in [0.2, 0.25) is 0 Å². The molecule has 17 heavy (non-hydrogen) atoms. The van der Waals surface area contributed by atoms with E-state index in [2.05, 4.69) is 40.2 Å². The molecule has 0 saturated heterocycles. The normalized spacial score (nSPS) is 10.6. The summed E-state index contributed by atoms with van der Waals surface area (Å²) in [5, 5.41) is 2.93. The van der Waals surface area contributed by atoms with Crippen molar-refractivity contribution in [1.82, 2.24) is 10.2 Å². The maximum absolute atomic E-state index is 11.8. The number of carbonyl (C=O) groups is 1. The summed E-state index contributed by atoms with van der Waals surface area (Å²) in [6.07, 6.45) is 2.11. The number of halogens is 1. The van der Waals surface area contributed by atoms with Gasteiger partial charge in [0.15, 0.2) is 0 Å². The van der Waals surface area contributed by atoms with Gasteiger partial charge in [-0.15, -0.1) is 0 Å². The van der Waals surface area contributed by atoms with Crippen molar-refractivity contribution in [3.8, 4) is 0 Å². The van der Waals surface area contributed by atoms with E-state index in [1.807, 2.05) is 24.3 Å². The van der Waals surface area contributed by atoms with Gasteiger partial charge in [-0.3, -0.25) is 4.79 Å². The number of benzene rings is 1. The Morgan fingerprint density at radius 1 is 1.29 bits per heavy atom. The van der Waals surface area contributed by atoms with E-state index in [4.69, 9.17) is 0 Å². The van der Waals surface area contributed by atoms with Crippen LogP contribution in [0.3, 0.4) is 0 Å². The monoisotopic (exact) mass is 298 g/mol. The smallest absolute Gasteiger partial charge is 0.252 e. The Bertz CT molecular complexity index is 366. The number of nitrogens with zero attached hydrogens (tertiary/aromatic N) is 1. The Morgan fingerprint density at radius 3 is 2.65 bits per heavy atom. The van der Waals surface area contributed by atoms with Gasteiger partial charge in [0, 0.05) is 11.0 Å². The van der Waals surface area contributed by atoms with Crippen LogP contribution in [0.5, 0.6) is 0 Å². The highest BCUT2D eigenvalue weighted by Gasteiger charge is 2.07. The van der Waals surface area contributed by atoms with Gasteiger partial charge in [-0.2, -0.15) is 0 Å². The molecule has 3 nitrogen and oxygen atoms in total. The third-order valence-electron chi connectivity index (χ3n) is 2.44. The Hall–Kier alpha value is -0.870. The summed E-state index contributed by atoms with van der Waals surface area (Å²) in [7, 11) is 4.11. The molecule has 1 aromatic carbocycles. The lowest BCUT2D eigenvalue weighted by Crippen LogP contribution is -2.25. The van der Waals surface area contributed by atoms with Gasteiger partial charge in [0.1, 0.15) is 0 Å². The van der Waals surface area contributed by atoms with Crippen LogP contribution in [-0.2, 0) is 0 Å². The van der Waals surface area contributed by atoms with Gasteiger partial charge in [-0.25, -0.2) is 0 Å². The first kappa shape index (κ1) is 14.2. The number of hydrogen-bond acceptors (Lipinski definition) is 2. The molecule has 4 heteroatoms. The standard InChI is InChI=1S/C13H19BrN2O/c1-16(2)10-6-5-9-15-13(17)11-7-3-4-8-12(11)14/h3-4,7-8H,5-6,9-10H2,1-2H3,(H,15,17). The number of hydrogen-bond donors (Lipinski definition) is 1. The van der Waals surface area contributed by atoms with Gasteiger partial charge in [0.25, 0.3) is 5.91 Å². The van der Waals surface area contributed by atoms with Crippen LogP contribution in [0.4, 0.5) is 0 Å². The lowest BCUT2D eigenvalue weighted by atomic mass is 10.2. The first-order valence-electron chi connectivity index (χ1n) is 5.78. The van der Waals surface area contributed by atoms with Crippen molar-refractivity contribution < 1.29 is 4.79 Å². The Balaban J connectivity index is 2.29. The average molecular weight is 299 g/mol. The van der Waals surface area contributed by atoms with Crippen LogP contribution in [0.25, 0.3) is 0 Å². The van der Waals surface area contributed by atoms with E-state index in [0.29, 0.717) is 5.56 Å². The summed E-state index contributed by atoms with van der Waals surface area (Å²) in [5.74, 6) is -0.0117. The fourth-order valence-corrected chi connectivity index (χ4v) is 1.96. The molecule has 0 atom stereocenters. The van der Waals surface area contributed by atoms with Gasteiger partial charge in [-0.1, -0.05) is 12.1 Å². The lowest BCUT2D eigenvalue weighted by molar-refractivity contribution is 0.0952. The van der Waals surface area contributed by atoms with Crippen molar-refractivity contribution >= 4 is 21.8 Å². The highest BCUT2D eigenvalue weighted by molar-refractivity contribution is 9.10. The van der Waals surface area contributed by atoms with E-state index in [1.165, 1.54) is 0 Å². The molecule has 0 fully saturated rings. The van der Waals surface area contributed by atoms with Gasteiger partial charge in [0.05, 0.1) is 5.56 Å². The van der Waals surface area contributed by atoms with Crippen LogP contribution < -0.4 is 5.32 Å². The molecule has 0 bridgehead atoms. The maximum atomic E-state index is 11.8. The van der Waals surface area contributed by atoms with Crippen LogP contribution in [0, 0.1) is 0 Å². The molecule has 1 N–H and O–H groups in total. The third kappa shape index (κ3) is 5.33. The SMILES string of the molecule is CN(C)CCCCNC(=O)c1ccccc1Br. The number of carbonyl (C=O) groups excluding carboxylic acids is 1. The molecule has 1 rings (SSSR count). The van der Waals surface area contributed by atoms with E-state index in [9.17, 15) is 4.79 Å². The summed E-state index contributed by atoms with van der Waals surface area (Å²) < 4.78 is 0.839. The Morgan fingerprint density at radius 2 is 2.00 bits per heavy atom. The molecule has 94 valence electrons. The second-order valence-electron chi connectivity index (χ2n) is 4.25. The topological polar surface area (TPSA) is 32.3 Å². The van der Waals surface area contributed by atoms with E-state index >= 15 is 0 Å². The molecule has 0 heterocycles. The Kier molecular flexibility index (Phi) is 6.22. The van der Waals surface area contributed by atoms with Crippen LogP contribution in [0.1, 0.15) is 23.2 Å². The summed E-state index contributed by atoms with van der Waals surface area (Å²) in [6.45, 7) is 1.79. The van der Waals surface area contributed by atoms with Crippen LogP contribution in [-0.4, -0.2) is 38.0 Å². The van der Waals surface area contributed by atoms with Crippen LogP contribution in [0.2, 0.25) is 0 Å². The molecule has 0 radical (unpaired) electrons. The molecule has 0 unspecified atom stereocenters. The van der Waals surface area contributed by atoms with Crippen molar-refractivity contribution in [1.29, 1.82) is 0 Å². The molecule has 0 aliphatic carbocycles. The average Bonchev–Trinajstić information content (AvgIpc) is 2.28. The molecule has 1 amide bonds. The predicted molar refractivity (Wildman–Crippen MR) is 74.3 cm³/mol. The molecule has 0 aliphatic rings. The van der Waals surface area contributed by atoms with Gasteiger partial charge in [-0.05, 0) is 61.5 Å². The highest BCUT2D eigenvalue weighted by Crippen LogP contribution is 2.15. The van der Waals surface area contributed by atoms with Gasteiger partial charge < -0.3 is 10.2 Å². The first-order valence-corrected chi connectivity index (χ1v) is 6.58. The summed E-state index contributed by atoms with van der Waals surface area (Å²) in [5.41, 5.74) is 0.695. The minimum Gasteiger partial charge on any atom is -0.352 e. The fourth-order valence-electron chi connectivity index (χ4n) is 1.50. The quantitative estimate of drug-likeness (QED) is 0.819. The zero-order chi connectivity index (χ0) is 12.7. The largest absolute Gasteiger partial charge is 0.352 e. The lowest BCUT2D eigenvalue weighted by Gasteiger charge is -2.09. The van der Waals surface area contributed by atoms with Crippen molar-refractivity contribution in [2.24, 2.45) is 0 Å². The molecular weight excluding hydrogens is 280 g/mol. The van der Waals surface area contributed by atoms with E-state index in [1.54, 1.807) is 0 Å². The number of rotatable bonds is 6. The van der Waals surface area contributed by atoms with Crippen molar-refractivity contribution in [3.63, 3.8) is 0 Å². The number of nitrogens with one attached hydrogen (secondary N) is 1. The summed E-state index contributed by atoms with van der Waals surface area (Å²) in [6, 6.07) is 7.46. The maximum Gasteiger partial charge on any atom is 0.252 e. The second-order valence-corrected chi connectivity index (χ2v) is 5.10. The molecule has 0 spiro atoms. The first-order chi connectivity index (χ1) is 8.11. The van der Waals surface area contributed by atoms with E-state index < -0.39 is 0 Å². The fraction of sp³-hybridized carbons (Fsp3) is 0.462. The third-order valence-corrected chi connectivity index (χ3v) is 3.13. The number of amides is 1. The minimum absolute atomic E-state index is 0.0117. The zero-order valence-electron chi connectivity index (χ0n) is 10.4. The molecule has 1 aromatic rings. The van der Waals surface area contributed by atoms with E-state index in [-0.39, 0.29) is 5.91 Å². The molecule has 0 saturated carbocycles. The van der Waals surface area contributed by atoms with Gasteiger partial charge >= 0.3 is 0 Å². The summed E-state index contributed by atoms with van der Waals surface area (Å²) in [4.78, 5) is 14.0. The van der Waals surface area contributed by atoms with Crippen molar-refractivity contribution in [3.05, 3.63) is 34.3 Å². The van der Waals surface area contributed by atoms with Crippen molar-refractivity contribution in [2.75, 3.05) is 27.2 Å². The van der Waals surface area contributed by atoms with E-state index in [0.717, 1.165) is 30.4 Å².